The van der Waals surface area contributed by atoms with Crippen molar-refractivity contribution in [1.82, 2.24) is 5.32 Å². The van der Waals surface area contributed by atoms with Crippen molar-refractivity contribution in [2.45, 2.75) is 43.6 Å². The molecule has 34 heavy (non-hydrogen) atoms. The monoisotopic (exact) mass is 454 g/mol. The molecule has 0 heterocycles. The van der Waals surface area contributed by atoms with E-state index in [0.717, 1.165) is 16.7 Å². The van der Waals surface area contributed by atoms with E-state index in [4.69, 9.17) is 5.73 Å². The first-order valence-corrected chi connectivity index (χ1v) is 11.8. The molecule has 3 N–H and O–H groups in total. The molecule has 2 atom stereocenters. The summed E-state index contributed by atoms with van der Waals surface area (Å²) in [5.74, 6) is -1.03. The summed E-state index contributed by atoms with van der Waals surface area (Å²) in [5.41, 5.74) is 7.86. The number of hydrogen-bond donors (Lipinski definition) is 2. The molecule has 1 aliphatic rings. The van der Waals surface area contributed by atoms with Crippen molar-refractivity contribution < 1.29 is 14.4 Å². The van der Waals surface area contributed by atoms with Crippen molar-refractivity contribution in [1.29, 1.82) is 0 Å². The van der Waals surface area contributed by atoms with E-state index < -0.39 is 17.4 Å². The fraction of sp³-hybridized carbons (Fsp3) is 0.276. The lowest BCUT2D eigenvalue weighted by Crippen LogP contribution is -2.51. The summed E-state index contributed by atoms with van der Waals surface area (Å²) in [6.07, 6.45) is 2.30. The van der Waals surface area contributed by atoms with Gasteiger partial charge < -0.3 is 11.1 Å². The minimum Gasteiger partial charge on any atom is -0.368 e. The van der Waals surface area contributed by atoms with Gasteiger partial charge in [-0.05, 0) is 35.4 Å². The maximum absolute atomic E-state index is 13.6. The summed E-state index contributed by atoms with van der Waals surface area (Å²) in [6, 6.07) is 28.9. The smallest absolute Gasteiger partial charge is 0.240 e. The maximum atomic E-state index is 13.6. The second kappa shape index (κ2) is 10.5. The van der Waals surface area contributed by atoms with Gasteiger partial charge in [0.2, 0.25) is 11.8 Å². The Kier molecular flexibility index (Phi) is 7.21. The summed E-state index contributed by atoms with van der Waals surface area (Å²) in [6.45, 7) is 0. The second-order valence-electron chi connectivity index (χ2n) is 9.02. The van der Waals surface area contributed by atoms with E-state index in [9.17, 15) is 14.4 Å². The van der Waals surface area contributed by atoms with Crippen LogP contribution in [0.25, 0.3) is 0 Å². The highest BCUT2D eigenvalue weighted by atomic mass is 16.2. The molecule has 0 saturated heterocycles. The van der Waals surface area contributed by atoms with Crippen molar-refractivity contribution >= 4 is 17.6 Å². The van der Waals surface area contributed by atoms with Crippen LogP contribution in [0.5, 0.6) is 0 Å². The van der Waals surface area contributed by atoms with Gasteiger partial charge in [0.15, 0.2) is 0 Å². The van der Waals surface area contributed by atoms with Crippen LogP contribution in [0.15, 0.2) is 91.0 Å². The molecular formula is C29H30N2O3. The Morgan fingerprint density at radius 1 is 0.853 bits per heavy atom. The molecule has 5 heteroatoms. The number of ketones is 1. The number of carbonyl (C=O) groups is 3. The fourth-order valence-electron chi connectivity index (χ4n) is 5.20. The molecule has 0 aromatic heterocycles. The van der Waals surface area contributed by atoms with Gasteiger partial charge in [0.25, 0.3) is 0 Å². The van der Waals surface area contributed by atoms with Gasteiger partial charge in [-0.1, -0.05) is 91.0 Å². The quantitative estimate of drug-likeness (QED) is 0.501. The van der Waals surface area contributed by atoms with Crippen LogP contribution in [0.3, 0.4) is 0 Å². The normalized spacial score (nSPS) is 17.1. The maximum Gasteiger partial charge on any atom is 0.240 e. The molecule has 0 bridgehead atoms. The Bertz CT molecular complexity index is 1030. The van der Waals surface area contributed by atoms with Gasteiger partial charge in [-0.15, -0.1) is 0 Å². The predicted octanol–water partition coefficient (Wildman–Crippen LogP) is 4.14. The Hall–Kier alpha value is -3.73. The number of primary amides is 1. The standard InChI is InChI=1S/C29H30N2O3/c30-28(34)27(21-11-10-18-25(32)19-21)31-26(33)20-29(22-12-4-1-5-13-22,23-14-6-2-7-15-23)24-16-8-3-9-17-24/h1-9,12-17,21,27H,10-11,18-20H2,(H2,30,34)(H,31,33)/t21-,27+/m1/s1. The first-order chi connectivity index (χ1) is 16.5. The largest absolute Gasteiger partial charge is 0.368 e. The lowest BCUT2D eigenvalue weighted by Gasteiger charge is -2.36. The van der Waals surface area contributed by atoms with Crippen LogP contribution in [0.1, 0.15) is 48.8 Å². The topological polar surface area (TPSA) is 89.3 Å². The first kappa shape index (κ1) is 23.4. The third-order valence-corrected chi connectivity index (χ3v) is 6.84. The summed E-state index contributed by atoms with van der Waals surface area (Å²) in [7, 11) is 0. The first-order valence-electron chi connectivity index (χ1n) is 11.8. The number of benzene rings is 3. The van der Waals surface area contributed by atoms with Crippen LogP contribution in [0.4, 0.5) is 0 Å². The zero-order valence-corrected chi connectivity index (χ0v) is 19.2. The Morgan fingerprint density at radius 2 is 1.32 bits per heavy atom. The Balaban J connectivity index is 1.74. The van der Waals surface area contributed by atoms with Gasteiger partial charge in [-0.3, -0.25) is 14.4 Å². The summed E-state index contributed by atoms with van der Waals surface area (Å²) < 4.78 is 0. The molecule has 0 aliphatic heterocycles. The van der Waals surface area contributed by atoms with Crippen molar-refractivity contribution in [3.05, 3.63) is 108 Å². The van der Waals surface area contributed by atoms with E-state index in [1.54, 1.807) is 0 Å². The van der Waals surface area contributed by atoms with Crippen LogP contribution in [-0.2, 0) is 19.8 Å². The van der Waals surface area contributed by atoms with E-state index in [1.807, 2.05) is 91.0 Å². The summed E-state index contributed by atoms with van der Waals surface area (Å²) >= 11 is 0. The number of rotatable bonds is 8. The summed E-state index contributed by atoms with van der Waals surface area (Å²) in [5, 5.41) is 2.91. The van der Waals surface area contributed by atoms with Gasteiger partial charge >= 0.3 is 0 Å². The molecule has 0 radical (unpaired) electrons. The summed E-state index contributed by atoms with van der Waals surface area (Å²) in [4.78, 5) is 37.9. The predicted molar refractivity (Wildman–Crippen MR) is 132 cm³/mol. The van der Waals surface area contributed by atoms with Crippen molar-refractivity contribution in [3.63, 3.8) is 0 Å². The molecule has 1 saturated carbocycles. The van der Waals surface area contributed by atoms with Crippen LogP contribution in [0, 0.1) is 5.92 Å². The van der Waals surface area contributed by atoms with E-state index >= 15 is 0 Å². The Labute approximate surface area is 200 Å². The van der Waals surface area contributed by atoms with Crippen LogP contribution < -0.4 is 11.1 Å². The van der Waals surface area contributed by atoms with Gasteiger partial charge in [-0.25, -0.2) is 0 Å². The minimum atomic E-state index is -0.864. The number of carbonyl (C=O) groups excluding carboxylic acids is 3. The number of nitrogens with two attached hydrogens (primary N) is 1. The van der Waals surface area contributed by atoms with Crippen molar-refractivity contribution in [2.24, 2.45) is 11.7 Å². The number of amides is 2. The van der Waals surface area contributed by atoms with Gasteiger partial charge in [0, 0.05) is 19.3 Å². The average molecular weight is 455 g/mol. The zero-order chi connectivity index (χ0) is 24.0. The van der Waals surface area contributed by atoms with Crippen LogP contribution in [0.2, 0.25) is 0 Å². The fourth-order valence-corrected chi connectivity index (χ4v) is 5.20. The Morgan fingerprint density at radius 3 is 1.74 bits per heavy atom. The van der Waals surface area contributed by atoms with Crippen LogP contribution >= 0.6 is 0 Å². The number of hydrogen-bond acceptors (Lipinski definition) is 3. The highest BCUT2D eigenvalue weighted by Gasteiger charge is 2.40. The molecule has 0 unspecified atom stereocenters. The molecule has 2 amide bonds. The van der Waals surface area contributed by atoms with E-state index in [-0.39, 0.29) is 30.4 Å². The SMILES string of the molecule is NC(=O)[C@@H](NC(=O)CC(c1ccccc1)(c1ccccc1)c1ccccc1)[C@@H]1CCCC(=O)C1. The molecule has 174 valence electrons. The third kappa shape index (κ3) is 4.93. The second-order valence-corrected chi connectivity index (χ2v) is 9.02. The van der Waals surface area contributed by atoms with Crippen LogP contribution in [-0.4, -0.2) is 23.6 Å². The van der Waals surface area contributed by atoms with E-state index in [1.165, 1.54) is 0 Å². The molecule has 5 nitrogen and oxygen atoms in total. The van der Waals surface area contributed by atoms with Crippen molar-refractivity contribution in [3.8, 4) is 0 Å². The minimum absolute atomic E-state index is 0.0927. The molecule has 3 aromatic rings. The highest BCUT2D eigenvalue weighted by Crippen LogP contribution is 2.42. The molecule has 1 fully saturated rings. The molecular weight excluding hydrogens is 424 g/mol. The van der Waals surface area contributed by atoms with E-state index in [2.05, 4.69) is 5.32 Å². The van der Waals surface area contributed by atoms with E-state index in [0.29, 0.717) is 19.3 Å². The molecule has 1 aliphatic carbocycles. The lowest BCUT2D eigenvalue weighted by molar-refractivity contribution is -0.131. The molecule has 3 aromatic carbocycles. The van der Waals surface area contributed by atoms with Gasteiger partial charge in [-0.2, -0.15) is 0 Å². The molecule has 0 spiro atoms. The lowest BCUT2D eigenvalue weighted by atomic mass is 9.67. The zero-order valence-electron chi connectivity index (χ0n) is 19.2. The third-order valence-electron chi connectivity index (χ3n) is 6.84. The highest BCUT2D eigenvalue weighted by molar-refractivity contribution is 5.89. The van der Waals surface area contributed by atoms with Crippen molar-refractivity contribution in [2.75, 3.05) is 0 Å². The molecule has 4 rings (SSSR count). The number of Topliss-reactive ketones (excluding diaryl/α,β-unsaturated/α-hetero) is 1. The van der Waals surface area contributed by atoms with Gasteiger partial charge in [0.05, 0.1) is 5.41 Å². The number of nitrogens with one attached hydrogen (secondary N) is 1. The van der Waals surface area contributed by atoms with Gasteiger partial charge in [0.1, 0.15) is 11.8 Å². The average Bonchev–Trinajstić information content (AvgIpc) is 2.87.